The average Bonchev–Trinajstić information content (AvgIpc) is 3.31. The quantitative estimate of drug-likeness (QED) is 0.382. The highest BCUT2D eigenvalue weighted by atomic mass is 32.2. The van der Waals surface area contributed by atoms with E-state index in [-0.39, 0.29) is 10.8 Å². The fourth-order valence-corrected chi connectivity index (χ4v) is 3.90. The summed E-state index contributed by atoms with van der Waals surface area (Å²) in [7, 11) is 0. The van der Waals surface area contributed by atoms with E-state index in [2.05, 4.69) is 79.9 Å². The van der Waals surface area contributed by atoms with Crippen molar-refractivity contribution in [1.82, 2.24) is 20.2 Å². The van der Waals surface area contributed by atoms with E-state index in [0.29, 0.717) is 17.5 Å². The number of thioether (sulfide) groups is 1. The maximum atomic E-state index is 6.02. The summed E-state index contributed by atoms with van der Waals surface area (Å²) in [6.45, 7) is 13.3. The van der Waals surface area contributed by atoms with Crippen molar-refractivity contribution >= 4 is 22.8 Å². The topological polar surface area (TPSA) is 67.6 Å². The predicted octanol–water partition coefficient (Wildman–Crippen LogP) is 6.50. The first-order valence-electron chi connectivity index (χ1n) is 10.2. The van der Waals surface area contributed by atoms with Crippen molar-refractivity contribution in [3.05, 3.63) is 59.5 Å². The van der Waals surface area contributed by atoms with Gasteiger partial charge in [-0.3, -0.25) is 0 Å². The zero-order chi connectivity index (χ0) is 21.5. The second kappa shape index (κ2) is 7.58. The molecule has 6 heteroatoms. The number of benzene rings is 2. The SMILES string of the molecule is CC(C)(C)c1cc(-c2nnc(CSc3nc4ccccc4[nH]3)o2)cc(C(C)(C)C)c1. The Kier molecular flexibility index (Phi) is 5.22. The highest BCUT2D eigenvalue weighted by molar-refractivity contribution is 7.98. The molecular weight excluding hydrogens is 392 g/mol. The Morgan fingerprint density at radius 1 is 0.900 bits per heavy atom. The van der Waals surface area contributed by atoms with Gasteiger partial charge in [-0.05, 0) is 46.2 Å². The standard InChI is InChI=1S/C24H28N4OS/c1-23(2,3)16-11-15(12-17(13-16)24(4,5)6)21-28-27-20(29-21)14-30-22-25-18-9-7-8-10-19(18)26-22/h7-13H,14H2,1-6H3,(H,25,26). The van der Waals surface area contributed by atoms with Crippen LogP contribution >= 0.6 is 11.8 Å². The lowest BCUT2D eigenvalue weighted by Crippen LogP contribution is -2.16. The maximum Gasteiger partial charge on any atom is 0.247 e. The van der Waals surface area contributed by atoms with Crippen LogP contribution in [-0.4, -0.2) is 20.2 Å². The predicted molar refractivity (Wildman–Crippen MR) is 123 cm³/mol. The molecule has 4 rings (SSSR count). The molecule has 0 aliphatic heterocycles. The maximum absolute atomic E-state index is 6.02. The monoisotopic (exact) mass is 420 g/mol. The van der Waals surface area contributed by atoms with Gasteiger partial charge in [0, 0.05) is 5.56 Å². The van der Waals surface area contributed by atoms with Crippen LogP contribution in [0.1, 0.15) is 58.6 Å². The molecule has 30 heavy (non-hydrogen) atoms. The normalized spacial score (nSPS) is 12.6. The van der Waals surface area contributed by atoms with E-state index >= 15 is 0 Å². The molecule has 0 saturated carbocycles. The Bertz CT molecular complexity index is 1110. The Morgan fingerprint density at radius 2 is 1.57 bits per heavy atom. The van der Waals surface area contributed by atoms with Gasteiger partial charge in [-0.15, -0.1) is 10.2 Å². The molecule has 0 saturated heterocycles. The number of fused-ring (bicyclic) bond motifs is 1. The third kappa shape index (κ3) is 4.43. The molecule has 0 unspecified atom stereocenters. The zero-order valence-electron chi connectivity index (χ0n) is 18.4. The summed E-state index contributed by atoms with van der Waals surface area (Å²) in [6, 6.07) is 14.6. The molecule has 0 fully saturated rings. The van der Waals surface area contributed by atoms with Gasteiger partial charge in [-0.1, -0.05) is 71.5 Å². The molecule has 5 nitrogen and oxygen atoms in total. The molecule has 2 aromatic carbocycles. The van der Waals surface area contributed by atoms with Crippen LogP contribution in [0.2, 0.25) is 0 Å². The summed E-state index contributed by atoms with van der Waals surface area (Å²) >= 11 is 1.56. The van der Waals surface area contributed by atoms with Gasteiger partial charge in [-0.25, -0.2) is 4.98 Å². The molecule has 0 aliphatic rings. The van der Waals surface area contributed by atoms with Crippen molar-refractivity contribution in [2.24, 2.45) is 0 Å². The van der Waals surface area contributed by atoms with Gasteiger partial charge in [-0.2, -0.15) is 0 Å². The minimum Gasteiger partial charge on any atom is -0.420 e. The summed E-state index contributed by atoms with van der Waals surface area (Å²) in [4.78, 5) is 7.90. The number of H-pyrrole nitrogens is 1. The van der Waals surface area contributed by atoms with Crippen LogP contribution in [0.25, 0.3) is 22.5 Å². The van der Waals surface area contributed by atoms with Crippen LogP contribution in [0.5, 0.6) is 0 Å². The van der Waals surface area contributed by atoms with Crippen LogP contribution in [0.3, 0.4) is 0 Å². The van der Waals surface area contributed by atoms with Crippen molar-refractivity contribution < 1.29 is 4.42 Å². The molecular formula is C24H28N4OS. The van der Waals surface area contributed by atoms with Crippen molar-refractivity contribution in [2.75, 3.05) is 0 Å². The van der Waals surface area contributed by atoms with Gasteiger partial charge in [0.15, 0.2) is 5.16 Å². The summed E-state index contributed by atoms with van der Waals surface area (Å²) in [5, 5.41) is 9.44. The number of rotatable bonds is 4. The summed E-state index contributed by atoms with van der Waals surface area (Å²) < 4.78 is 6.02. The fraction of sp³-hybridized carbons (Fsp3) is 0.375. The molecule has 0 amide bonds. The van der Waals surface area contributed by atoms with Crippen molar-refractivity contribution in [1.29, 1.82) is 0 Å². The second-order valence-electron chi connectivity index (χ2n) is 9.65. The third-order valence-corrected chi connectivity index (χ3v) is 5.94. The minimum atomic E-state index is 0.0377. The third-order valence-electron chi connectivity index (χ3n) is 5.08. The molecule has 0 aliphatic carbocycles. The summed E-state index contributed by atoms with van der Waals surface area (Å²) in [5.41, 5.74) is 5.56. The number of nitrogens with one attached hydrogen (secondary N) is 1. The zero-order valence-corrected chi connectivity index (χ0v) is 19.2. The molecule has 0 bridgehead atoms. The lowest BCUT2D eigenvalue weighted by atomic mass is 9.79. The molecule has 2 aromatic heterocycles. The van der Waals surface area contributed by atoms with Gasteiger partial charge in [0.05, 0.1) is 16.8 Å². The van der Waals surface area contributed by atoms with E-state index in [0.717, 1.165) is 21.8 Å². The van der Waals surface area contributed by atoms with Crippen LogP contribution < -0.4 is 0 Å². The van der Waals surface area contributed by atoms with Gasteiger partial charge in [0.1, 0.15) is 0 Å². The van der Waals surface area contributed by atoms with Gasteiger partial charge >= 0.3 is 0 Å². The average molecular weight is 421 g/mol. The summed E-state index contributed by atoms with van der Waals surface area (Å²) in [5.74, 6) is 1.72. The largest absolute Gasteiger partial charge is 0.420 e. The van der Waals surface area contributed by atoms with Gasteiger partial charge < -0.3 is 9.40 Å². The van der Waals surface area contributed by atoms with Crippen molar-refractivity contribution in [2.45, 2.75) is 63.3 Å². The highest BCUT2D eigenvalue weighted by Crippen LogP contribution is 2.34. The first-order chi connectivity index (χ1) is 14.1. The minimum absolute atomic E-state index is 0.0377. The number of para-hydroxylation sites is 2. The number of hydrogen-bond acceptors (Lipinski definition) is 5. The number of imidazole rings is 1. The lowest BCUT2D eigenvalue weighted by molar-refractivity contribution is 0.526. The Labute approximate surface area is 181 Å². The Hall–Kier alpha value is -2.60. The Balaban J connectivity index is 1.58. The molecule has 156 valence electrons. The number of hydrogen-bond donors (Lipinski definition) is 1. The van der Waals surface area contributed by atoms with Crippen LogP contribution in [-0.2, 0) is 16.6 Å². The lowest BCUT2D eigenvalue weighted by Gasteiger charge is -2.25. The van der Waals surface area contributed by atoms with E-state index in [1.54, 1.807) is 11.8 Å². The first kappa shape index (κ1) is 20.7. The molecule has 2 heterocycles. The second-order valence-corrected chi connectivity index (χ2v) is 10.6. The molecule has 1 N–H and O–H groups in total. The van der Waals surface area contributed by atoms with Crippen LogP contribution in [0.4, 0.5) is 0 Å². The smallest absolute Gasteiger partial charge is 0.247 e. The molecule has 0 atom stereocenters. The van der Waals surface area contributed by atoms with E-state index in [1.807, 2.05) is 24.3 Å². The number of aromatic amines is 1. The fourth-order valence-electron chi connectivity index (χ4n) is 3.17. The molecule has 0 radical (unpaired) electrons. The van der Waals surface area contributed by atoms with E-state index in [9.17, 15) is 0 Å². The summed E-state index contributed by atoms with van der Waals surface area (Å²) in [6.07, 6.45) is 0. The first-order valence-corrected chi connectivity index (χ1v) is 11.1. The Morgan fingerprint density at radius 3 is 2.20 bits per heavy atom. The number of aromatic nitrogens is 4. The van der Waals surface area contributed by atoms with Crippen LogP contribution in [0, 0.1) is 0 Å². The number of nitrogens with zero attached hydrogens (tertiary/aromatic N) is 3. The molecule has 4 aromatic rings. The van der Waals surface area contributed by atoms with Gasteiger partial charge in [0.2, 0.25) is 11.8 Å². The van der Waals surface area contributed by atoms with E-state index < -0.39 is 0 Å². The van der Waals surface area contributed by atoms with Gasteiger partial charge in [0.25, 0.3) is 0 Å². The molecule has 0 spiro atoms. The highest BCUT2D eigenvalue weighted by Gasteiger charge is 2.22. The van der Waals surface area contributed by atoms with Crippen LogP contribution in [0.15, 0.2) is 52.0 Å². The van der Waals surface area contributed by atoms with E-state index in [1.165, 1.54) is 11.1 Å². The van der Waals surface area contributed by atoms with Crippen molar-refractivity contribution in [3.63, 3.8) is 0 Å². The van der Waals surface area contributed by atoms with E-state index in [4.69, 9.17) is 4.42 Å². The van der Waals surface area contributed by atoms with Crippen molar-refractivity contribution in [3.8, 4) is 11.5 Å².